The Morgan fingerprint density at radius 1 is 1.12 bits per heavy atom. The van der Waals surface area contributed by atoms with E-state index >= 15 is 0 Å². The number of ether oxygens (including phenoxy) is 1. The van der Waals surface area contributed by atoms with Crippen molar-refractivity contribution in [2.45, 2.75) is 13.1 Å². The van der Waals surface area contributed by atoms with E-state index < -0.39 is 0 Å². The van der Waals surface area contributed by atoms with Crippen molar-refractivity contribution in [2.24, 2.45) is 0 Å². The summed E-state index contributed by atoms with van der Waals surface area (Å²) in [7, 11) is 3.73. The molecular weight excluding hydrogens is 322 g/mol. The second-order valence-electron chi connectivity index (χ2n) is 5.76. The van der Waals surface area contributed by atoms with Crippen LogP contribution in [0.2, 0.25) is 5.02 Å². The predicted molar refractivity (Wildman–Crippen MR) is 97.2 cm³/mol. The summed E-state index contributed by atoms with van der Waals surface area (Å²) in [6, 6.07) is 15.9. The van der Waals surface area contributed by atoms with Gasteiger partial charge in [0.25, 0.3) is 0 Å². The van der Waals surface area contributed by atoms with Crippen LogP contribution in [0, 0.1) is 0 Å². The molecule has 0 fully saturated rings. The second-order valence-corrected chi connectivity index (χ2v) is 6.20. The summed E-state index contributed by atoms with van der Waals surface area (Å²) in [5.41, 5.74) is 3.20. The summed E-state index contributed by atoms with van der Waals surface area (Å²) in [5, 5.41) is 0.657. The highest BCUT2D eigenvalue weighted by Gasteiger charge is 2.11. The molecule has 0 aliphatic rings. The van der Waals surface area contributed by atoms with Crippen LogP contribution in [0.15, 0.2) is 54.7 Å². The lowest BCUT2D eigenvalue weighted by molar-refractivity contribution is 0.315. The fourth-order valence-corrected chi connectivity index (χ4v) is 2.86. The molecule has 1 N–H and O–H groups in total. The molecule has 1 heterocycles. The Morgan fingerprint density at radius 2 is 1.92 bits per heavy atom. The highest BCUT2D eigenvalue weighted by molar-refractivity contribution is 6.30. The average Bonchev–Trinajstić information content (AvgIpc) is 3.04. The van der Waals surface area contributed by atoms with Crippen molar-refractivity contribution in [1.82, 2.24) is 14.9 Å². The van der Waals surface area contributed by atoms with Gasteiger partial charge < -0.3 is 9.72 Å². The van der Waals surface area contributed by atoms with Crippen LogP contribution in [-0.2, 0) is 13.1 Å². The van der Waals surface area contributed by atoms with E-state index in [4.69, 9.17) is 16.3 Å². The quantitative estimate of drug-likeness (QED) is 0.723. The third kappa shape index (κ3) is 3.96. The lowest BCUT2D eigenvalue weighted by Crippen LogP contribution is -2.17. The van der Waals surface area contributed by atoms with Crippen molar-refractivity contribution in [3.8, 4) is 17.1 Å². The van der Waals surface area contributed by atoms with Gasteiger partial charge in [-0.05, 0) is 30.8 Å². The monoisotopic (exact) mass is 341 g/mol. The zero-order valence-electron chi connectivity index (χ0n) is 13.8. The molecule has 0 bridgehead atoms. The lowest BCUT2D eigenvalue weighted by atomic mass is 10.2. The fourth-order valence-electron chi connectivity index (χ4n) is 2.68. The third-order valence-electron chi connectivity index (χ3n) is 3.78. The standard InChI is InChI=1S/C19H20ClN3O/c1-23(12-14-6-4-3-5-7-14)13-16-11-21-19(22-16)17-10-15(20)8-9-18(17)24-2/h3-11H,12-13H2,1-2H3,(H,21,22). The number of hydrogen-bond donors (Lipinski definition) is 1. The Labute approximate surface area is 147 Å². The van der Waals surface area contributed by atoms with Gasteiger partial charge in [0.15, 0.2) is 0 Å². The van der Waals surface area contributed by atoms with Gasteiger partial charge in [-0.15, -0.1) is 0 Å². The van der Waals surface area contributed by atoms with Gasteiger partial charge in [-0.25, -0.2) is 4.98 Å². The van der Waals surface area contributed by atoms with Crippen molar-refractivity contribution in [3.05, 3.63) is 71.0 Å². The minimum absolute atomic E-state index is 0.657. The van der Waals surface area contributed by atoms with Crippen LogP contribution in [0.25, 0.3) is 11.4 Å². The summed E-state index contributed by atoms with van der Waals surface area (Å²) in [6.45, 7) is 1.67. The van der Waals surface area contributed by atoms with Crippen molar-refractivity contribution >= 4 is 11.6 Å². The van der Waals surface area contributed by atoms with E-state index in [1.807, 2.05) is 24.4 Å². The third-order valence-corrected chi connectivity index (χ3v) is 4.02. The molecule has 0 spiro atoms. The normalized spacial score (nSPS) is 11.0. The van der Waals surface area contributed by atoms with Crippen molar-refractivity contribution < 1.29 is 4.74 Å². The van der Waals surface area contributed by atoms with E-state index in [-0.39, 0.29) is 0 Å². The molecule has 0 unspecified atom stereocenters. The minimum Gasteiger partial charge on any atom is -0.496 e. The number of nitrogens with one attached hydrogen (secondary N) is 1. The van der Waals surface area contributed by atoms with Gasteiger partial charge in [0, 0.05) is 30.0 Å². The zero-order chi connectivity index (χ0) is 16.9. The van der Waals surface area contributed by atoms with E-state index in [1.165, 1.54) is 5.56 Å². The van der Waals surface area contributed by atoms with E-state index in [0.717, 1.165) is 35.9 Å². The highest BCUT2D eigenvalue weighted by Crippen LogP contribution is 2.30. The second kappa shape index (κ2) is 7.51. The van der Waals surface area contributed by atoms with Crippen LogP contribution < -0.4 is 4.74 Å². The fraction of sp³-hybridized carbons (Fsp3) is 0.211. The van der Waals surface area contributed by atoms with E-state index in [2.05, 4.69) is 46.2 Å². The Balaban J connectivity index is 1.73. The SMILES string of the molecule is COc1ccc(Cl)cc1-c1ncc(CN(C)Cc2ccccc2)[nH]1. The predicted octanol–water partition coefficient (Wildman–Crippen LogP) is 4.37. The molecule has 0 amide bonds. The first kappa shape index (κ1) is 16.6. The first-order valence-corrected chi connectivity index (χ1v) is 8.14. The molecule has 24 heavy (non-hydrogen) atoms. The summed E-state index contributed by atoms with van der Waals surface area (Å²) in [6.07, 6.45) is 1.86. The Kier molecular flexibility index (Phi) is 5.18. The topological polar surface area (TPSA) is 41.1 Å². The number of imidazole rings is 1. The molecule has 0 aliphatic heterocycles. The average molecular weight is 342 g/mol. The maximum absolute atomic E-state index is 6.10. The molecule has 0 atom stereocenters. The van der Waals surface area contributed by atoms with Gasteiger partial charge >= 0.3 is 0 Å². The number of methoxy groups -OCH3 is 1. The summed E-state index contributed by atoms with van der Waals surface area (Å²) < 4.78 is 5.40. The number of benzene rings is 2. The maximum atomic E-state index is 6.10. The number of halogens is 1. The molecule has 1 aromatic heterocycles. The van der Waals surface area contributed by atoms with Crippen LogP contribution in [-0.4, -0.2) is 29.0 Å². The van der Waals surface area contributed by atoms with Crippen LogP contribution in [0.4, 0.5) is 0 Å². The number of aromatic nitrogens is 2. The first-order valence-electron chi connectivity index (χ1n) is 7.76. The Morgan fingerprint density at radius 3 is 2.67 bits per heavy atom. The van der Waals surface area contributed by atoms with Gasteiger partial charge in [-0.2, -0.15) is 0 Å². The van der Waals surface area contributed by atoms with Gasteiger partial charge in [0.1, 0.15) is 11.6 Å². The van der Waals surface area contributed by atoms with Gasteiger partial charge in [0.05, 0.1) is 12.7 Å². The zero-order valence-corrected chi connectivity index (χ0v) is 14.5. The summed E-state index contributed by atoms with van der Waals surface area (Å²) in [5.74, 6) is 1.51. The molecule has 4 nitrogen and oxygen atoms in total. The molecule has 2 aromatic carbocycles. The van der Waals surface area contributed by atoms with E-state index in [9.17, 15) is 0 Å². The van der Waals surface area contributed by atoms with Crippen LogP contribution in [0.1, 0.15) is 11.3 Å². The van der Waals surface area contributed by atoms with E-state index in [1.54, 1.807) is 13.2 Å². The van der Waals surface area contributed by atoms with Crippen molar-refractivity contribution in [2.75, 3.05) is 14.2 Å². The Hall–Kier alpha value is -2.30. The molecule has 5 heteroatoms. The molecule has 0 saturated heterocycles. The van der Waals surface area contributed by atoms with Crippen LogP contribution >= 0.6 is 11.6 Å². The molecule has 0 saturated carbocycles. The number of aromatic amines is 1. The number of nitrogens with zero attached hydrogens (tertiary/aromatic N) is 2. The van der Waals surface area contributed by atoms with Crippen LogP contribution in [0.5, 0.6) is 5.75 Å². The highest BCUT2D eigenvalue weighted by atomic mass is 35.5. The number of hydrogen-bond acceptors (Lipinski definition) is 3. The molecule has 0 aliphatic carbocycles. The first-order chi connectivity index (χ1) is 11.7. The Bertz CT molecular complexity index is 801. The summed E-state index contributed by atoms with van der Waals surface area (Å²) >= 11 is 6.10. The molecule has 3 aromatic rings. The van der Waals surface area contributed by atoms with Crippen LogP contribution in [0.3, 0.4) is 0 Å². The number of H-pyrrole nitrogens is 1. The van der Waals surface area contributed by atoms with Gasteiger partial charge in [-0.1, -0.05) is 41.9 Å². The molecule has 3 rings (SSSR count). The molecule has 0 radical (unpaired) electrons. The molecular formula is C19H20ClN3O. The summed E-state index contributed by atoms with van der Waals surface area (Å²) in [4.78, 5) is 10.1. The van der Waals surface area contributed by atoms with Crippen molar-refractivity contribution in [3.63, 3.8) is 0 Å². The smallest absolute Gasteiger partial charge is 0.141 e. The number of rotatable bonds is 6. The maximum Gasteiger partial charge on any atom is 0.141 e. The lowest BCUT2D eigenvalue weighted by Gasteiger charge is -2.15. The van der Waals surface area contributed by atoms with E-state index in [0.29, 0.717) is 5.02 Å². The van der Waals surface area contributed by atoms with Crippen molar-refractivity contribution in [1.29, 1.82) is 0 Å². The van der Waals surface area contributed by atoms with Gasteiger partial charge in [-0.3, -0.25) is 4.90 Å². The minimum atomic E-state index is 0.657. The molecule has 124 valence electrons. The largest absolute Gasteiger partial charge is 0.496 e. The van der Waals surface area contributed by atoms with Gasteiger partial charge in [0.2, 0.25) is 0 Å².